The van der Waals surface area contributed by atoms with Gasteiger partial charge in [0.25, 0.3) is 0 Å². The van der Waals surface area contributed by atoms with Gasteiger partial charge in [-0.1, -0.05) is 24.3 Å². The molecule has 1 aromatic carbocycles. The maximum atomic E-state index is 5.96. The van der Waals surface area contributed by atoms with Crippen LogP contribution in [0.5, 0.6) is 0 Å². The van der Waals surface area contributed by atoms with Gasteiger partial charge < -0.3 is 15.4 Å². The summed E-state index contributed by atoms with van der Waals surface area (Å²) in [6, 6.07) is 8.14. The molecule has 5 heteroatoms. The second-order valence-electron chi connectivity index (χ2n) is 4.05. The zero-order valence-corrected chi connectivity index (χ0v) is 14.3. The third kappa shape index (κ3) is 5.78. The minimum atomic E-state index is 0. The maximum absolute atomic E-state index is 5.96. The van der Waals surface area contributed by atoms with Crippen molar-refractivity contribution in [2.24, 2.45) is 10.7 Å². The van der Waals surface area contributed by atoms with E-state index in [9.17, 15) is 0 Å². The van der Waals surface area contributed by atoms with Gasteiger partial charge in [-0.3, -0.25) is 0 Å². The fourth-order valence-electron chi connectivity index (χ4n) is 1.82. The van der Waals surface area contributed by atoms with Crippen LogP contribution in [0.4, 0.5) is 0 Å². The Kier molecular flexibility index (Phi) is 9.59. The quantitative estimate of drug-likeness (QED) is 0.471. The van der Waals surface area contributed by atoms with Gasteiger partial charge in [0.2, 0.25) is 0 Å². The van der Waals surface area contributed by atoms with Gasteiger partial charge >= 0.3 is 0 Å². The van der Waals surface area contributed by atoms with E-state index in [4.69, 9.17) is 10.5 Å². The van der Waals surface area contributed by atoms with E-state index in [-0.39, 0.29) is 24.0 Å². The van der Waals surface area contributed by atoms with Crippen molar-refractivity contribution in [1.29, 1.82) is 0 Å². The Labute approximate surface area is 133 Å². The number of hydrogen-bond donors (Lipinski definition) is 1. The molecule has 0 aliphatic rings. The Morgan fingerprint density at radius 2 is 1.79 bits per heavy atom. The van der Waals surface area contributed by atoms with Crippen molar-refractivity contribution in [3.05, 3.63) is 35.4 Å². The maximum Gasteiger partial charge on any atom is 0.191 e. The number of benzene rings is 1. The van der Waals surface area contributed by atoms with Crippen molar-refractivity contribution in [1.82, 2.24) is 4.90 Å². The van der Waals surface area contributed by atoms with E-state index >= 15 is 0 Å². The average Bonchev–Trinajstić information content (AvgIpc) is 2.39. The summed E-state index contributed by atoms with van der Waals surface area (Å²) in [5.41, 5.74) is 8.28. The molecule has 0 radical (unpaired) electrons. The summed E-state index contributed by atoms with van der Waals surface area (Å²) in [5, 5.41) is 0. The molecule has 0 heterocycles. The van der Waals surface area contributed by atoms with Crippen LogP contribution in [0.3, 0.4) is 0 Å². The Balaban J connectivity index is 0.00000324. The van der Waals surface area contributed by atoms with Gasteiger partial charge in [-0.2, -0.15) is 0 Å². The molecule has 0 atom stereocenters. The van der Waals surface area contributed by atoms with E-state index in [0.29, 0.717) is 19.1 Å². The summed E-state index contributed by atoms with van der Waals surface area (Å²) in [6.07, 6.45) is 0. The van der Waals surface area contributed by atoms with Crippen LogP contribution in [0, 0.1) is 0 Å². The Bertz CT molecular complexity index is 392. The smallest absolute Gasteiger partial charge is 0.191 e. The highest BCUT2D eigenvalue weighted by atomic mass is 127. The third-order valence-corrected chi connectivity index (χ3v) is 2.92. The summed E-state index contributed by atoms with van der Waals surface area (Å²) in [5.74, 6) is 0.604. The minimum Gasteiger partial charge on any atom is -0.380 e. The zero-order valence-electron chi connectivity index (χ0n) is 11.9. The van der Waals surface area contributed by atoms with Crippen LogP contribution in [0.15, 0.2) is 29.3 Å². The molecule has 0 aliphatic heterocycles. The molecule has 4 nitrogen and oxygen atoms in total. The van der Waals surface area contributed by atoms with Crippen molar-refractivity contribution in [2.45, 2.75) is 27.0 Å². The molecule has 19 heavy (non-hydrogen) atoms. The molecule has 2 N–H and O–H groups in total. The molecule has 0 saturated heterocycles. The normalized spacial score (nSPS) is 11.0. The molecule has 108 valence electrons. The summed E-state index contributed by atoms with van der Waals surface area (Å²) in [7, 11) is 1.70. The van der Waals surface area contributed by atoms with E-state index in [0.717, 1.165) is 24.2 Å². The molecular formula is C14H24IN3O. The highest BCUT2D eigenvalue weighted by molar-refractivity contribution is 14.0. The van der Waals surface area contributed by atoms with Crippen molar-refractivity contribution in [3.8, 4) is 0 Å². The molecule has 0 aliphatic carbocycles. The van der Waals surface area contributed by atoms with Crippen molar-refractivity contribution in [2.75, 3.05) is 20.2 Å². The van der Waals surface area contributed by atoms with Crippen LogP contribution in [0.2, 0.25) is 0 Å². The number of rotatable bonds is 6. The summed E-state index contributed by atoms with van der Waals surface area (Å²) < 4.78 is 5.18. The lowest BCUT2D eigenvalue weighted by atomic mass is 10.1. The molecule has 0 unspecified atom stereocenters. The number of ether oxygens (including phenoxy) is 1. The minimum absolute atomic E-state index is 0. The van der Waals surface area contributed by atoms with E-state index in [1.807, 2.05) is 17.0 Å². The molecule has 0 aromatic heterocycles. The SMILES string of the molecule is CCN(CC)C(N)=NCc1ccccc1COC.I. The lowest BCUT2D eigenvalue weighted by molar-refractivity contribution is 0.184. The molecule has 1 aromatic rings. The monoisotopic (exact) mass is 377 g/mol. The van der Waals surface area contributed by atoms with Gasteiger partial charge in [0.1, 0.15) is 0 Å². The molecule has 0 saturated carbocycles. The van der Waals surface area contributed by atoms with Crippen molar-refractivity contribution < 1.29 is 4.74 Å². The van der Waals surface area contributed by atoms with E-state index in [1.165, 1.54) is 0 Å². The van der Waals surface area contributed by atoms with Crippen molar-refractivity contribution >= 4 is 29.9 Å². The van der Waals surface area contributed by atoms with Crippen LogP contribution in [0.25, 0.3) is 0 Å². The summed E-state index contributed by atoms with van der Waals surface area (Å²) >= 11 is 0. The van der Waals surface area contributed by atoms with Gasteiger partial charge in [-0.15, -0.1) is 24.0 Å². The number of nitrogens with two attached hydrogens (primary N) is 1. The Hall–Kier alpha value is -0.820. The number of nitrogens with zero attached hydrogens (tertiary/aromatic N) is 2. The van der Waals surface area contributed by atoms with Crippen LogP contribution in [-0.2, 0) is 17.9 Å². The summed E-state index contributed by atoms with van der Waals surface area (Å²) in [6.45, 7) is 7.12. The molecular weight excluding hydrogens is 353 g/mol. The van der Waals surface area contributed by atoms with Gasteiger partial charge in [0.15, 0.2) is 5.96 Å². The topological polar surface area (TPSA) is 50.8 Å². The average molecular weight is 377 g/mol. The molecule has 0 bridgehead atoms. The molecule has 1 rings (SSSR count). The third-order valence-electron chi connectivity index (χ3n) is 2.92. The lowest BCUT2D eigenvalue weighted by Gasteiger charge is -2.19. The first kappa shape index (κ1) is 18.2. The van der Waals surface area contributed by atoms with E-state index in [2.05, 4.69) is 31.0 Å². The standard InChI is InChI=1S/C14H23N3O.HI/c1-4-17(5-2)14(15)16-10-12-8-6-7-9-13(12)11-18-3;/h6-9H,4-5,10-11H2,1-3H3,(H2,15,16);1H. The predicted molar refractivity (Wildman–Crippen MR) is 90.8 cm³/mol. The zero-order chi connectivity index (χ0) is 13.4. The molecule has 0 amide bonds. The number of methoxy groups -OCH3 is 1. The Morgan fingerprint density at radius 1 is 1.21 bits per heavy atom. The number of guanidine groups is 1. The van der Waals surface area contributed by atoms with Gasteiger partial charge in [-0.05, 0) is 25.0 Å². The van der Waals surface area contributed by atoms with Gasteiger partial charge in [-0.25, -0.2) is 4.99 Å². The number of aliphatic imine (C=N–C) groups is 1. The Morgan fingerprint density at radius 3 is 2.32 bits per heavy atom. The van der Waals surface area contributed by atoms with Crippen LogP contribution < -0.4 is 5.73 Å². The van der Waals surface area contributed by atoms with E-state index in [1.54, 1.807) is 7.11 Å². The molecule has 0 fully saturated rings. The van der Waals surface area contributed by atoms with E-state index < -0.39 is 0 Å². The largest absolute Gasteiger partial charge is 0.380 e. The first-order valence-electron chi connectivity index (χ1n) is 6.33. The number of hydrogen-bond acceptors (Lipinski definition) is 2. The highest BCUT2D eigenvalue weighted by Gasteiger charge is 2.04. The van der Waals surface area contributed by atoms with Crippen LogP contribution in [-0.4, -0.2) is 31.1 Å². The first-order chi connectivity index (χ1) is 8.72. The first-order valence-corrected chi connectivity index (χ1v) is 6.33. The fourth-order valence-corrected chi connectivity index (χ4v) is 1.82. The van der Waals surface area contributed by atoms with Crippen LogP contribution in [0.1, 0.15) is 25.0 Å². The van der Waals surface area contributed by atoms with Gasteiger partial charge in [0, 0.05) is 20.2 Å². The predicted octanol–water partition coefficient (Wildman–Crippen LogP) is 2.61. The number of halogens is 1. The fraction of sp³-hybridized carbons (Fsp3) is 0.500. The second-order valence-corrected chi connectivity index (χ2v) is 4.05. The summed E-state index contributed by atoms with van der Waals surface area (Å²) in [4.78, 5) is 6.48. The van der Waals surface area contributed by atoms with Crippen molar-refractivity contribution in [3.63, 3.8) is 0 Å². The highest BCUT2D eigenvalue weighted by Crippen LogP contribution is 2.11. The second kappa shape index (κ2) is 10.0. The van der Waals surface area contributed by atoms with Crippen LogP contribution >= 0.6 is 24.0 Å². The molecule has 0 spiro atoms. The lowest BCUT2D eigenvalue weighted by Crippen LogP contribution is -2.37. The van der Waals surface area contributed by atoms with Gasteiger partial charge in [0.05, 0.1) is 13.2 Å².